The zero-order valence-corrected chi connectivity index (χ0v) is 14.4. The second-order valence-corrected chi connectivity index (χ2v) is 5.39. The number of nitrogens with one attached hydrogen (secondary N) is 2. The van der Waals surface area contributed by atoms with Crippen molar-refractivity contribution >= 4 is 23.7 Å². The molecule has 3 N–H and O–H groups in total. The third-order valence-electron chi connectivity index (χ3n) is 3.32. The molecule has 0 aliphatic heterocycles. The number of phenolic OH excluding ortho intramolecular Hbond substituents is 1. The third-order valence-corrected chi connectivity index (χ3v) is 3.32. The van der Waals surface area contributed by atoms with Gasteiger partial charge in [0.25, 0.3) is 0 Å². The summed E-state index contributed by atoms with van der Waals surface area (Å²) in [6, 6.07) is 13.4. The Bertz CT molecular complexity index is 755. The van der Waals surface area contributed by atoms with Crippen molar-refractivity contribution in [2.24, 2.45) is 5.10 Å². The molecule has 0 saturated heterocycles. The van der Waals surface area contributed by atoms with Gasteiger partial charge in [0, 0.05) is 18.5 Å². The minimum absolute atomic E-state index is 0.0236. The van der Waals surface area contributed by atoms with Crippen LogP contribution in [0, 0.1) is 0 Å². The predicted octanol–water partition coefficient (Wildman–Crippen LogP) is 2.66. The fraction of sp³-hybridized carbons (Fsp3) is 0.211. The van der Waals surface area contributed by atoms with Gasteiger partial charge in [0.1, 0.15) is 11.5 Å². The van der Waals surface area contributed by atoms with Crippen LogP contribution in [0.1, 0.15) is 25.3 Å². The van der Waals surface area contributed by atoms with Crippen molar-refractivity contribution in [2.75, 3.05) is 11.9 Å². The maximum Gasteiger partial charge on any atom is 0.240 e. The van der Waals surface area contributed by atoms with E-state index in [0.29, 0.717) is 12.3 Å². The highest BCUT2D eigenvalue weighted by molar-refractivity contribution is 5.93. The second-order valence-electron chi connectivity index (χ2n) is 5.39. The largest absolute Gasteiger partial charge is 0.508 e. The van der Waals surface area contributed by atoms with Crippen LogP contribution in [0.5, 0.6) is 11.5 Å². The minimum Gasteiger partial charge on any atom is -0.508 e. The Hall–Kier alpha value is -3.35. The van der Waals surface area contributed by atoms with Crippen molar-refractivity contribution in [2.45, 2.75) is 19.8 Å². The average molecular weight is 355 g/mol. The molecule has 136 valence electrons. The number of hydrogen-bond donors (Lipinski definition) is 3. The van der Waals surface area contributed by atoms with Crippen molar-refractivity contribution in [1.82, 2.24) is 5.43 Å². The fourth-order valence-corrected chi connectivity index (χ4v) is 2.05. The molecule has 0 aliphatic carbocycles. The van der Waals surface area contributed by atoms with E-state index in [-0.39, 0.29) is 30.4 Å². The monoisotopic (exact) mass is 355 g/mol. The number of anilines is 1. The van der Waals surface area contributed by atoms with Crippen molar-refractivity contribution in [3.8, 4) is 11.5 Å². The topological polar surface area (TPSA) is 100 Å². The van der Waals surface area contributed by atoms with Crippen LogP contribution in [-0.4, -0.2) is 29.7 Å². The van der Waals surface area contributed by atoms with E-state index >= 15 is 0 Å². The molecular formula is C19H21N3O4. The zero-order chi connectivity index (χ0) is 18.8. The summed E-state index contributed by atoms with van der Waals surface area (Å²) < 4.78 is 5.33. The molecule has 0 spiro atoms. The standard InChI is InChI=1S/C19H21N3O4/c1-2-26-17-9-5-15(6-10-17)21-18(24)11-12-19(25)22-20-13-14-3-7-16(23)8-4-14/h3-10,13,23H,2,11-12H2,1H3,(H,21,24)(H,22,25)/b20-13+. The number of amides is 2. The Morgan fingerprint density at radius 2 is 1.69 bits per heavy atom. The first-order valence-corrected chi connectivity index (χ1v) is 8.20. The summed E-state index contributed by atoms with van der Waals surface area (Å²) >= 11 is 0. The van der Waals surface area contributed by atoms with E-state index in [1.807, 2.05) is 6.92 Å². The first-order valence-electron chi connectivity index (χ1n) is 8.20. The molecule has 0 bridgehead atoms. The van der Waals surface area contributed by atoms with Gasteiger partial charge in [-0.25, -0.2) is 5.43 Å². The van der Waals surface area contributed by atoms with E-state index in [4.69, 9.17) is 4.74 Å². The summed E-state index contributed by atoms with van der Waals surface area (Å²) in [6.45, 7) is 2.48. The molecule has 26 heavy (non-hydrogen) atoms. The Balaban J connectivity index is 1.70. The molecule has 0 aliphatic rings. The molecule has 0 aromatic heterocycles. The van der Waals surface area contributed by atoms with Gasteiger partial charge in [0.15, 0.2) is 0 Å². The van der Waals surface area contributed by atoms with Crippen molar-refractivity contribution in [1.29, 1.82) is 0 Å². The fourth-order valence-electron chi connectivity index (χ4n) is 2.05. The molecule has 7 heteroatoms. The second kappa shape index (κ2) is 9.83. The summed E-state index contributed by atoms with van der Waals surface area (Å²) in [7, 11) is 0. The van der Waals surface area contributed by atoms with Crippen LogP contribution >= 0.6 is 0 Å². The van der Waals surface area contributed by atoms with Gasteiger partial charge < -0.3 is 15.2 Å². The smallest absolute Gasteiger partial charge is 0.240 e. The predicted molar refractivity (Wildman–Crippen MR) is 99.3 cm³/mol. The first-order chi connectivity index (χ1) is 12.6. The Morgan fingerprint density at radius 1 is 1.04 bits per heavy atom. The lowest BCUT2D eigenvalue weighted by Gasteiger charge is -2.07. The summed E-state index contributed by atoms with van der Waals surface area (Å²) in [5, 5.41) is 15.7. The number of aromatic hydroxyl groups is 1. The number of benzene rings is 2. The molecule has 0 saturated carbocycles. The van der Waals surface area contributed by atoms with E-state index in [1.165, 1.54) is 18.3 Å². The molecule has 0 atom stereocenters. The van der Waals surface area contributed by atoms with E-state index in [1.54, 1.807) is 36.4 Å². The molecule has 0 radical (unpaired) electrons. The summed E-state index contributed by atoms with van der Waals surface area (Å²) in [5.41, 5.74) is 3.73. The number of nitrogens with zero attached hydrogens (tertiary/aromatic N) is 1. The van der Waals surface area contributed by atoms with Crippen LogP contribution in [0.15, 0.2) is 53.6 Å². The number of carbonyl (C=O) groups excluding carboxylic acids is 2. The summed E-state index contributed by atoms with van der Waals surface area (Å²) in [5.74, 6) is 0.273. The maximum atomic E-state index is 11.9. The Morgan fingerprint density at radius 3 is 2.35 bits per heavy atom. The summed E-state index contributed by atoms with van der Waals surface area (Å²) in [4.78, 5) is 23.6. The lowest BCUT2D eigenvalue weighted by Crippen LogP contribution is -2.20. The van der Waals surface area contributed by atoms with Gasteiger partial charge in [-0.05, 0) is 61.0 Å². The zero-order valence-electron chi connectivity index (χ0n) is 14.4. The number of carbonyl (C=O) groups is 2. The Labute approximate surface area is 151 Å². The maximum absolute atomic E-state index is 11.9. The van der Waals surface area contributed by atoms with Gasteiger partial charge in [-0.3, -0.25) is 9.59 Å². The molecule has 7 nitrogen and oxygen atoms in total. The van der Waals surface area contributed by atoms with E-state index in [0.717, 1.165) is 11.3 Å². The average Bonchev–Trinajstić information content (AvgIpc) is 2.63. The third kappa shape index (κ3) is 6.64. The van der Waals surface area contributed by atoms with Gasteiger partial charge in [0.05, 0.1) is 12.8 Å². The highest BCUT2D eigenvalue weighted by Crippen LogP contribution is 2.15. The van der Waals surface area contributed by atoms with E-state index < -0.39 is 0 Å². The highest BCUT2D eigenvalue weighted by atomic mass is 16.5. The molecule has 2 rings (SSSR count). The SMILES string of the molecule is CCOc1ccc(NC(=O)CCC(=O)N/N=C/c2ccc(O)cc2)cc1. The van der Waals surface area contributed by atoms with Crippen LogP contribution in [0.2, 0.25) is 0 Å². The number of phenols is 1. The van der Waals surface area contributed by atoms with Crippen molar-refractivity contribution < 1.29 is 19.4 Å². The lowest BCUT2D eigenvalue weighted by atomic mass is 10.2. The molecule has 0 unspecified atom stereocenters. The number of hydrazone groups is 1. The Kier molecular flexibility index (Phi) is 7.17. The summed E-state index contributed by atoms with van der Waals surface area (Å²) in [6.07, 6.45) is 1.53. The van der Waals surface area contributed by atoms with Gasteiger partial charge in [-0.2, -0.15) is 5.10 Å². The van der Waals surface area contributed by atoms with Gasteiger partial charge in [0.2, 0.25) is 11.8 Å². The van der Waals surface area contributed by atoms with Crippen molar-refractivity contribution in [3.05, 3.63) is 54.1 Å². The normalized spacial score (nSPS) is 10.5. The molecule has 0 heterocycles. The van der Waals surface area contributed by atoms with E-state index in [2.05, 4.69) is 15.8 Å². The van der Waals surface area contributed by atoms with Gasteiger partial charge in [-0.1, -0.05) is 0 Å². The molecule has 0 fully saturated rings. The van der Waals surface area contributed by atoms with Crippen molar-refractivity contribution in [3.63, 3.8) is 0 Å². The molecule has 2 aromatic carbocycles. The molecular weight excluding hydrogens is 334 g/mol. The quantitative estimate of drug-likeness (QED) is 0.501. The minimum atomic E-state index is -0.359. The van der Waals surface area contributed by atoms with Crippen LogP contribution in [0.3, 0.4) is 0 Å². The highest BCUT2D eigenvalue weighted by Gasteiger charge is 2.07. The van der Waals surface area contributed by atoms with Crippen LogP contribution in [-0.2, 0) is 9.59 Å². The molecule has 2 amide bonds. The lowest BCUT2D eigenvalue weighted by molar-refractivity contribution is -0.124. The van der Waals surface area contributed by atoms with Gasteiger partial charge >= 0.3 is 0 Å². The van der Waals surface area contributed by atoms with Crippen LogP contribution in [0.4, 0.5) is 5.69 Å². The van der Waals surface area contributed by atoms with Gasteiger partial charge in [-0.15, -0.1) is 0 Å². The van der Waals surface area contributed by atoms with Crippen LogP contribution in [0.25, 0.3) is 0 Å². The molecule has 2 aromatic rings. The van der Waals surface area contributed by atoms with Crippen LogP contribution < -0.4 is 15.5 Å². The van der Waals surface area contributed by atoms with E-state index in [9.17, 15) is 14.7 Å². The number of hydrogen-bond acceptors (Lipinski definition) is 5. The number of ether oxygens (including phenoxy) is 1. The first kappa shape index (κ1) is 19.0. The number of rotatable bonds is 8.